The molecule has 2 aromatic rings. The Bertz CT molecular complexity index is 758. The van der Waals surface area contributed by atoms with E-state index < -0.39 is 0 Å². The first kappa shape index (κ1) is 25.6. The number of carbonyl (C=O) groups excluding carboxylic acids is 2. The summed E-state index contributed by atoms with van der Waals surface area (Å²) >= 11 is 0. The Labute approximate surface area is 193 Å². The van der Waals surface area contributed by atoms with E-state index in [0.717, 1.165) is 30.4 Å². The molecule has 4 nitrogen and oxygen atoms in total. The number of carbonyl (C=O) groups is 2. The Morgan fingerprint density at radius 1 is 0.688 bits per heavy atom. The Balaban J connectivity index is 1.74. The highest BCUT2D eigenvalue weighted by atomic mass is 16.5. The number of esters is 2. The monoisotopic (exact) mass is 438 g/mol. The van der Waals surface area contributed by atoms with E-state index in [1.54, 1.807) is 0 Å². The standard InChI is InChI=1S/C28H38O4/c1-2-3-4-5-6-13-19-26(28(30)32-23-25-17-11-8-12-18-25)20-14-21-27(29)31-22-24-15-9-7-10-16-24/h7-12,15-18,26H,2-6,13-14,19-23H2,1H3. The van der Waals surface area contributed by atoms with Gasteiger partial charge in [-0.25, -0.2) is 0 Å². The third-order valence-corrected chi connectivity index (χ3v) is 5.64. The zero-order valence-corrected chi connectivity index (χ0v) is 19.5. The van der Waals surface area contributed by atoms with Gasteiger partial charge >= 0.3 is 11.9 Å². The molecule has 0 aliphatic carbocycles. The quantitative estimate of drug-likeness (QED) is 0.209. The van der Waals surface area contributed by atoms with Crippen molar-refractivity contribution in [1.29, 1.82) is 0 Å². The molecule has 0 fully saturated rings. The van der Waals surface area contributed by atoms with Crippen LogP contribution in [0.15, 0.2) is 60.7 Å². The molecule has 0 radical (unpaired) electrons. The van der Waals surface area contributed by atoms with Crippen molar-refractivity contribution in [3.63, 3.8) is 0 Å². The maximum Gasteiger partial charge on any atom is 0.309 e. The normalized spacial score (nSPS) is 11.7. The van der Waals surface area contributed by atoms with Crippen LogP contribution in [-0.4, -0.2) is 11.9 Å². The molecule has 0 bridgehead atoms. The molecule has 32 heavy (non-hydrogen) atoms. The van der Waals surface area contributed by atoms with Crippen molar-refractivity contribution in [2.24, 2.45) is 5.92 Å². The van der Waals surface area contributed by atoms with Crippen LogP contribution >= 0.6 is 0 Å². The lowest BCUT2D eigenvalue weighted by molar-refractivity contribution is -0.151. The van der Waals surface area contributed by atoms with E-state index >= 15 is 0 Å². The molecule has 2 aromatic carbocycles. The number of ether oxygens (including phenoxy) is 2. The molecule has 1 atom stereocenters. The molecule has 0 spiro atoms. The van der Waals surface area contributed by atoms with Gasteiger partial charge in [-0.05, 0) is 30.4 Å². The van der Waals surface area contributed by atoms with Crippen LogP contribution in [0.5, 0.6) is 0 Å². The highest BCUT2D eigenvalue weighted by molar-refractivity contribution is 5.73. The largest absolute Gasteiger partial charge is 0.461 e. The maximum atomic E-state index is 12.7. The van der Waals surface area contributed by atoms with E-state index in [4.69, 9.17) is 9.47 Å². The summed E-state index contributed by atoms with van der Waals surface area (Å²) in [6.07, 6.45) is 9.57. The Morgan fingerprint density at radius 3 is 1.84 bits per heavy atom. The molecule has 1 unspecified atom stereocenters. The number of hydrogen-bond donors (Lipinski definition) is 0. The smallest absolute Gasteiger partial charge is 0.309 e. The number of rotatable bonds is 16. The van der Waals surface area contributed by atoms with Crippen LogP contribution in [0.1, 0.15) is 82.3 Å². The van der Waals surface area contributed by atoms with Crippen molar-refractivity contribution < 1.29 is 19.1 Å². The summed E-state index contributed by atoms with van der Waals surface area (Å²) in [6.45, 7) is 2.80. The molecular formula is C28H38O4. The highest BCUT2D eigenvalue weighted by Crippen LogP contribution is 2.20. The summed E-state index contributed by atoms with van der Waals surface area (Å²) in [5, 5.41) is 0. The predicted molar refractivity (Wildman–Crippen MR) is 128 cm³/mol. The van der Waals surface area contributed by atoms with E-state index in [9.17, 15) is 9.59 Å². The Kier molecular flexibility index (Phi) is 12.9. The van der Waals surface area contributed by atoms with Gasteiger partial charge in [0.2, 0.25) is 0 Å². The van der Waals surface area contributed by atoms with E-state index in [2.05, 4.69) is 6.92 Å². The average Bonchev–Trinajstić information content (AvgIpc) is 2.83. The Hall–Kier alpha value is -2.62. The molecule has 0 saturated carbocycles. The fourth-order valence-electron chi connectivity index (χ4n) is 3.70. The van der Waals surface area contributed by atoms with Crippen LogP contribution in [0.4, 0.5) is 0 Å². The molecule has 0 N–H and O–H groups in total. The van der Waals surface area contributed by atoms with Gasteiger partial charge < -0.3 is 9.47 Å². The zero-order chi connectivity index (χ0) is 22.9. The second-order valence-corrected chi connectivity index (χ2v) is 8.39. The summed E-state index contributed by atoms with van der Waals surface area (Å²) in [5.41, 5.74) is 1.97. The van der Waals surface area contributed by atoms with Gasteiger partial charge in [0.1, 0.15) is 13.2 Å². The topological polar surface area (TPSA) is 52.6 Å². The van der Waals surface area contributed by atoms with Gasteiger partial charge in [0.15, 0.2) is 0 Å². The fraction of sp³-hybridized carbons (Fsp3) is 0.500. The van der Waals surface area contributed by atoms with Gasteiger partial charge in [0, 0.05) is 6.42 Å². The van der Waals surface area contributed by atoms with Crippen LogP contribution in [-0.2, 0) is 32.3 Å². The minimum absolute atomic E-state index is 0.153. The molecular weight excluding hydrogens is 400 g/mol. The lowest BCUT2D eigenvalue weighted by atomic mass is 9.95. The van der Waals surface area contributed by atoms with Crippen molar-refractivity contribution in [3.8, 4) is 0 Å². The van der Waals surface area contributed by atoms with Crippen LogP contribution in [0.3, 0.4) is 0 Å². The first-order valence-electron chi connectivity index (χ1n) is 12.1. The van der Waals surface area contributed by atoms with Gasteiger partial charge in [-0.15, -0.1) is 0 Å². The van der Waals surface area contributed by atoms with E-state index in [1.807, 2.05) is 60.7 Å². The van der Waals surface area contributed by atoms with E-state index in [0.29, 0.717) is 32.5 Å². The molecule has 2 rings (SSSR count). The molecule has 0 amide bonds. The minimum atomic E-state index is -0.218. The molecule has 174 valence electrons. The summed E-state index contributed by atoms with van der Waals surface area (Å²) in [7, 11) is 0. The van der Waals surface area contributed by atoms with Crippen molar-refractivity contribution >= 4 is 11.9 Å². The summed E-state index contributed by atoms with van der Waals surface area (Å²) in [5.74, 6) is -0.531. The van der Waals surface area contributed by atoms with Crippen molar-refractivity contribution in [2.45, 2.75) is 84.3 Å². The molecule has 0 aromatic heterocycles. The third-order valence-electron chi connectivity index (χ3n) is 5.64. The maximum absolute atomic E-state index is 12.7. The van der Waals surface area contributed by atoms with E-state index in [-0.39, 0.29) is 17.9 Å². The molecule has 4 heteroatoms. The van der Waals surface area contributed by atoms with E-state index in [1.165, 1.54) is 25.7 Å². The SMILES string of the molecule is CCCCCCCCC(CCCC(=O)OCc1ccccc1)C(=O)OCc1ccccc1. The van der Waals surface area contributed by atoms with Crippen LogP contribution < -0.4 is 0 Å². The number of benzene rings is 2. The minimum Gasteiger partial charge on any atom is -0.461 e. The first-order chi connectivity index (χ1) is 15.7. The zero-order valence-electron chi connectivity index (χ0n) is 19.5. The second-order valence-electron chi connectivity index (χ2n) is 8.39. The first-order valence-corrected chi connectivity index (χ1v) is 12.1. The van der Waals surface area contributed by atoms with Gasteiger partial charge in [0.05, 0.1) is 5.92 Å². The highest BCUT2D eigenvalue weighted by Gasteiger charge is 2.20. The fourth-order valence-corrected chi connectivity index (χ4v) is 3.70. The van der Waals surface area contributed by atoms with Crippen molar-refractivity contribution in [3.05, 3.63) is 71.8 Å². The third kappa shape index (κ3) is 11.1. The second kappa shape index (κ2) is 16.1. The lowest BCUT2D eigenvalue weighted by Crippen LogP contribution is -2.18. The Morgan fingerprint density at radius 2 is 1.22 bits per heavy atom. The van der Waals surface area contributed by atoms with Crippen molar-refractivity contribution in [1.82, 2.24) is 0 Å². The summed E-state index contributed by atoms with van der Waals surface area (Å²) < 4.78 is 11.0. The van der Waals surface area contributed by atoms with Crippen LogP contribution in [0.2, 0.25) is 0 Å². The van der Waals surface area contributed by atoms with Gasteiger partial charge in [-0.2, -0.15) is 0 Å². The molecule has 0 aliphatic heterocycles. The average molecular weight is 439 g/mol. The van der Waals surface area contributed by atoms with Crippen LogP contribution in [0.25, 0.3) is 0 Å². The lowest BCUT2D eigenvalue weighted by Gasteiger charge is -2.16. The number of unbranched alkanes of at least 4 members (excludes halogenated alkanes) is 5. The van der Waals surface area contributed by atoms with Crippen molar-refractivity contribution in [2.75, 3.05) is 0 Å². The number of hydrogen-bond acceptors (Lipinski definition) is 4. The van der Waals surface area contributed by atoms with Crippen LogP contribution in [0, 0.1) is 5.92 Å². The summed E-state index contributed by atoms with van der Waals surface area (Å²) in [4.78, 5) is 24.8. The summed E-state index contributed by atoms with van der Waals surface area (Å²) in [6, 6.07) is 19.4. The molecule has 0 aliphatic rings. The van der Waals surface area contributed by atoms with Gasteiger partial charge in [-0.1, -0.05) is 106 Å². The predicted octanol–water partition coefficient (Wildman–Crippen LogP) is 7.01. The van der Waals surface area contributed by atoms with Gasteiger partial charge in [-0.3, -0.25) is 9.59 Å². The van der Waals surface area contributed by atoms with Gasteiger partial charge in [0.25, 0.3) is 0 Å². The molecule has 0 heterocycles. The molecule has 0 saturated heterocycles.